The molecule has 1 fully saturated rings. The molecule has 6 aromatic carbocycles. The summed E-state index contributed by atoms with van der Waals surface area (Å²) in [5.41, 5.74) is 11.6. The predicted molar refractivity (Wildman–Crippen MR) is 181 cm³/mol. The summed E-state index contributed by atoms with van der Waals surface area (Å²) in [5.74, 6) is -0.0197. The fourth-order valence-electron chi connectivity index (χ4n) is 6.36. The van der Waals surface area contributed by atoms with Crippen LogP contribution in [-0.4, -0.2) is 30.6 Å². The Labute approximate surface area is 259 Å². The number of nitrogens with zero attached hydrogens (tertiary/aromatic N) is 1. The lowest BCUT2D eigenvalue weighted by Gasteiger charge is -2.31. The van der Waals surface area contributed by atoms with Gasteiger partial charge in [0.05, 0.1) is 12.7 Å². The average Bonchev–Trinajstić information content (AvgIpc) is 3.43. The third-order valence-electron chi connectivity index (χ3n) is 8.65. The van der Waals surface area contributed by atoms with Crippen LogP contribution in [0.15, 0.2) is 158 Å². The first-order valence-electron chi connectivity index (χ1n) is 15.1. The summed E-state index contributed by atoms with van der Waals surface area (Å²) in [6, 6.07) is 56.0. The summed E-state index contributed by atoms with van der Waals surface area (Å²) in [6.07, 6.45) is -0.202. The zero-order valence-electron chi connectivity index (χ0n) is 24.7. The van der Waals surface area contributed by atoms with Crippen molar-refractivity contribution in [3.63, 3.8) is 0 Å². The molecule has 1 aliphatic heterocycles. The molecular formula is C41H34N2O. The lowest BCUT2D eigenvalue weighted by Crippen LogP contribution is -2.40. The highest BCUT2D eigenvalue weighted by atomic mass is 16.2. The number of likely N-dealkylation sites (N-methyl/N-ethyl adjacent to an activating group) is 1. The van der Waals surface area contributed by atoms with Crippen molar-refractivity contribution >= 4 is 5.91 Å². The Balaban J connectivity index is 1.48. The van der Waals surface area contributed by atoms with Crippen LogP contribution in [0.3, 0.4) is 0 Å². The molecule has 1 heterocycles. The Kier molecular flexibility index (Phi) is 7.62. The average molecular weight is 571 g/mol. The van der Waals surface area contributed by atoms with Crippen molar-refractivity contribution in [2.45, 2.75) is 12.1 Å². The van der Waals surface area contributed by atoms with Gasteiger partial charge in [0.2, 0.25) is 5.91 Å². The van der Waals surface area contributed by atoms with E-state index < -0.39 is 0 Å². The van der Waals surface area contributed by atoms with Crippen molar-refractivity contribution in [1.82, 2.24) is 10.2 Å². The molecular weight excluding hydrogens is 536 g/mol. The Morgan fingerprint density at radius 1 is 0.500 bits per heavy atom. The SMILES string of the molecule is CN1C(=O)CN[C@@H]1C(c1cc(-c2ccccc2)cc(-c2ccccc2)c1)c1cc(-c2ccccc2)cc(-c2ccccc2)c1. The van der Waals surface area contributed by atoms with Crippen LogP contribution in [-0.2, 0) is 4.79 Å². The van der Waals surface area contributed by atoms with Crippen molar-refractivity contribution in [3.05, 3.63) is 169 Å². The van der Waals surface area contributed by atoms with Crippen molar-refractivity contribution in [2.75, 3.05) is 13.6 Å². The highest BCUT2D eigenvalue weighted by molar-refractivity contribution is 5.82. The lowest BCUT2D eigenvalue weighted by molar-refractivity contribution is -0.126. The number of amides is 1. The third kappa shape index (κ3) is 5.58. The minimum absolute atomic E-state index is 0.102. The number of hydrogen-bond donors (Lipinski definition) is 1. The smallest absolute Gasteiger partial charge is 0.237 e. The van der Waals surface area contributed by atoms with Gasteiger partial charge >= 0.3 is 0 Å². The Morgan fingerprint density at radius 3 is 1.09 bits per heavy atom. The van der Waals surface area contributed by atoms with Crippen LogP contribution >= 0.6 is 0 Å². The van der Waals surface area contributed by atoms with E-state index in [1.165, 1.54) is 0 Å². The van der Waals surface area contributed by atoms with Crippen LogP contribution in [0.5, 0.6) is 0 Å². The molecule has 0 bridgehead atoms. The second-order valence-electron chi connectivity index (χ2n) is 11.5. The Morgan fingerprint density at radius 2 is 0.818 bits per heavy atom. The predicted octanol–water partition coefficient (Wildman–Crippen LogP) is 8.87. The first-order valence-corrected chi connectivity index (χ1v) is 15.1. The second kappa shape index (κ2) is 12.2. The van der Waals surface area contributed by atoms with Gasteiger partial charge in [-0.25, -0.2) is 0 Å². The van der Waals surface area contributed by atoms with Crippen molar-refractivity contribution in [1.29, 1.82) is 0 Å². The van der Waals surface area contributed by atoms with Gasteiger partial charge in [0, 0.05) is 13.0 Å². The zero-order valence-corrected chi connectivity index (χ0v) is 24.7. The van der Waals surface area contributed by atoms with Crippen molar-refractivity contribution in [2.24, 2.45) is 0 Å². The van der Waals surface area contributed by atoms with Gasteiger partial charge in [0.25, 0.3) is 0 Å². The molecule has 0 unspecified atom stereocenters. The molecule has 7 rings (SSSR count). The minimum Gasteiger partial charge on any atom is -0.328 e. The topological polar surface area (TPSA) is 32.3 Å². The van der Waals surface area contributed by atoms with Gasteiger partial charge in [-0.15, -0.1) is 0 Å². The monoisotopic (exact) mass is 570 g/mol. The van der Waals surface area contributed by atoms with Gasteiger partial charge in [0.15, 0.2) is 0 Å². The van der Waals surface area contributed by atoms with Gasteiger partial charge < -0.3 is 4.90 Å². The maximum Gasteiger partial charge on any atom is 0.237 e. The van der Waals surface area contributed by atoms with Crippen LogP contribution in [0, 0.1) is 0 Å². The normalized spacial score (nSPS) is 14.7. The fraction of sp³-hybridized carbons (Fsp3) is 0.0976. The second-order valence-corrected chi connectivity index (χ2v) is 11.5. The zero-order chi connectivity index (χ0) is 29.9. The summed E-state index contributed by atoms with van der Waals surface area (Å²) in [6.45, 7) is 0.325. The molecule has 0 radical (unpaired) electrons. The fourth-order valence-corrected chi connectivity index (χ4v) is 6.36. The minimum atomic E-state index is -0.202. The number of carbonyl (C=O) groups is 1. The van der Waals surface area contributed by atoms with Gasteiger partial charge in [-0.1, -0.05) is 146 Å². The van der Waals surface area contributed by atoms with Gasteiger partial charge in [-0.2, -0.15) is 0 Å². The first-order chi connectivity index (χ1) is 21.6. The van der Waals surface area contributed by atoms with E-state index in [-0.39, 0.29) is 18.0 Å². The number of nitrogens with one attached hydrogen (secondary N) is 1. The van der Waals surface area contributed by atoms with Gasteiger partial charge in [0.1, 0.15) is 0 Å². The van der Waals surface area contributed by atoms with Crippen LogP contribution in [0.2, 0.25) is 0 Å². The van der Waals surface area contributed by atoms with Crippen LogP contribution < -0.4 is 5.32 Å². The summed E-state index contributed by atoms with van der Waals surface area (Å²) in [5, 5.41) is 3.57. The maximum absolute atomic E-state index is 13.0. The van der Waals surface area contributed by atoms with E-state index in [1.807, 2.05) is 11.9 Å². The maximum atomic E-state index is 13.0. The van der Waals surface area contributed by atoms with E-state index in [9.17, 15) is 4.79 Å². The Hall–Kier alpha value is -5.25. The summed E-state index contributed by atoms with van der Waals surface area (Å²) in [4.78, 5) is 14.8. The largest absolute Gasteiger partial charge is 0.328 e. The summed E-state index contributed by atoms with van der Waals surface area (Å²) in [7, 11) is 1.91. The van der Waals surface area contributed by atoms with E-state index in [4.69, 9.17) is 0 Å². The van der Waals surface area contributed by atoms with Crippen molar-refractivity contribution in [3.8, 4) is 44.5 Å². The van der Waals surface area contributed by atoms with E-state index in [1.54, 1.807) is 0 Å². The molecule has 1 atom stereocenters. The molecule has 0 spiro atoms. The lowest BCUT2D eigenvalue weighted by atomic mass is 9.82. The quantitative estimate of drug-likeness (QED) is 0.208. The molecule has 44 heavy (non-hydrogen) atoms. The number of carbonyl (C=O) groups excluding carboxylic acids is 1. The van der Waals surface area contributed by atoms with Crippen LogP contribution in [0.25, 0.3) is 44.5 Å². The van der Waals surface area contributed by atoms with Crippen LogP contribution in [0.4, 0.5) is 0 Å². The van der Waals surface area contributed by atoms with E-state index in [2.05, 4.69) is 163 Å². The van der Waals surface area contributed by atoms with E-state index in [0.29, 0.717) is 6.54 Å². The third-order valence-corrected chi connectivity index (χ3v) is 8.65. The summed E-state index contributed by atoms with van der Waals surface area (Å²) < 4.78 is 0. The van der Waals surface area contributed by atoms with Crippen LogP contribution in [0.1, 0.15) is 17.0 Å². The van der Waals surface area contributed by atoms with E-state index >= 15 is 0 Å². The molecule has 0 aromatic heterocycles. The molecule has 214 valence electrons. The Bertz CT molecular complexity index is 1640. The first kappa shape index (κ1) is 27.6. The molecule has 0 saturated carbocycles. The molecule has 3 heteroatoms. The number of hydrogen-bond acceptors (Lipinski definition) is 2. The molecule has 6 aromatic rings. The standard InChI is InChI=1S/C41H34N2O/c1-43-39(44)28-42-41(43)40(37-24-33(29-14-6-2-7-15-29)22-34(25-37)30-16-8-3-9-17-30)38-26-35(31-18-10-4-11-19-31)23-36(27-38)32-20-12-5-13-21-32/h2-27,40-42H,28H2,1H3/t41-/m0/s1. The van der Waals surface area contributed by atoms with E-state index in [0.717, 1.165) is 55.6 Å². The molecule has 1 amide bonds. The highest BCUT2D eigenvalue weighted by Crippen LogP contribution is 2.40. The van der Waals surface area contributed by atoms with Gasteiger partial charge in [-0.3, -0.25) is 10.1 Å². The number of benzene rings is 6. The molecule has 1 saturated heterocycles. The molecule has 3 nitrogen and oxygen atoms in total. The number of rotatable bonds is 7. The molecule has 1 N–H and O–H groups in total. The summed E-state index contributed by atoms with van der Waals surface area (Å²) >= 11 is 0. The van der Waals surface area contributed by atoms with Gasteiger partial charge in [-0.05, 0) is 67.8 Å². The highest BCUT2D eigenvalue weighted by Gasteiger charge is 2.36. The molecule has 0 aliphatic carbocycles. The molecule has 1 aliphatic rings. The van der Waals surface area contributed by atoms with Crippen molar-refractivity contribution < 1.29 is 4.79 Å².